The fourth-order valence-corrected chi connectivity index (χ4v) is 3.33. The molecule has 1 heterocycles. The molecule has 158 valence electrons. The molecule has 0 radical (unpaired) electrons. The first kappa shape index (κ1) is 22.8. The van der Waals surface area contributed by atoms with Crippen LogP contribution in [0.5, 0.6) is 0 Å². The van der Waals surface area contributed by atoms with Crippen molar-refractivity contribution in [2.24, 2.45) is 0 Å². The van der Waals surface area contributed by atoms with Gasteiger partial charge in [-0.3, -0.25) is 10.1 Å². The van der Waals surface area contributed by atoms with Gasteiger partial charge in [0.1, 0.15) is 11.5 Å². The van der Waals surface area contributed by atoms with Crippen LogP contribution < -0.4 is 10.6 Å². The number of benzene rings is 1. The van der Waals surface area contributed by atoms with Crippen LogP contribution in [0.15, 0.2) is 58.9 Å². The van der Waals surface area contributed by atoms with Crippen molar-refractivity contribution in [3.63, 3.8) is 0 Å². The molecule has 0 saturated heterocycles. The zero-order chi connectivity index (χ0) is 21.1. The fraction of sp³-hybridized carbons (Fsp3) is 0.400. The second-order valence-corrected chi connectivity index (χ2v) is 7.83. The summed E-state index contributed by atoms with van der Waals surface area (Å²) >= 11 is 1.68. The molecule has 8 nitrogen and oxygen atoms in total. The average Bonchev–Trinajstić information content (AvgIpc) is 3.12. The van der Waals surface area contributed by atoms with Gasteiger partial charge in [-0.05, 0) is 31.8 Å². The van der Waals surface area contributed by atoms with E-state index in [1.165, 1.54) is 0 Å². The maximum absolute atomic E-state index is 10.8. The van der Waals surface area contributed by atoms with Crippen molar-refractivity contribution in [3.05, 3.63) is 81.7 Å². The van der Waals surface area contributed by atoms with Gasteiger partial charge in [-0.2, -0.15) is 11.8 Å². The van der Waals surface area contributed by atoms with Crippen molar-refractivity contribution in [2.75, 3.05) is 32.9 Å². The smallest absolute Gasteiger partial charge is 0.274 e. The summed E-state index contributed by atoms with van der Waals surface area (Å²) in [6.07, 6.45) is 0.125. The van der Waals surface area contributed by atoms with E-state index in [1.54, 1.807) is 11.8 Å². The molecule has 1 unspecified atom stereocenters. The van der Waals surface area contributed by atoms with Crippen LogP contribution in [0.4, 0.5) is 0 Å². The topological polar surface area (TPSA) is 104 Å². The first-order chi connectivity index (χ1) is 13.9. The Morgan fingerprint density at radius 2 is 1.97 bits per heavy atom. The predicted molar refractivity (Wildman–Crippen MR) is 115 cm³/mol. The van der Waals surface area contributed by atoms with Crippen LogP contribution in [0.3, 0.4) is 0 Å². The molecule has 9 heteroatoms. The molecule has 29 heavy (non-hydrogen) atoms. The van der Waals surface area contributed by atoms with E-state index in [0.29, 0.717) is 6.54 Å². The summed E-state index contributed by atoms with van der Waals surface area (Å²) < 4.78 is 5.76. The van der Waals surface area contributed by atoms with Gasteiger partial charge >= 0.3 is 0 Å². The van der Waals surface area contributed by atoms with Gasteiger partial charge in [0.05, 0.1) is 23.3 Å². The number of hydrogen-bond acceptors (Lipinski definition) is 8. The second kappa shape index (κ2) is 12.2. The summed E-state index contributed by atoms with van der Waals surface area (Å²) in [6, 6.07) is 13.1. The quantitative estimate of drug-likeness (QED) is 0.258. The van der Waals surface area contributed by atoms with Gasteiger partial charge in [0, 0.05) is 18.8 Å². The van der Waals surface area contributed by atoms with E-state index in [2.05, 4.69) is 10.6 Å². The van der Waals surface area contributed by atoms with Gasteiger partial charge in [-0.1, -0.05) is 30.3 Å². The lowest BCUT2D eigenvalue weighted by atomic mass is 10.1. The number of aliphatic hydroxyl groups is 1. The van der Waals surface area contributed by atoms with E-state index in [1.807, 2.05) is 61.5 Å². The van der Waals surface area contributed by atoms with Crippen LogP contribution in [0.1, 0.15) is 23.2 Å². The summed E-state index contributed by atoms with van der Waals surface area (Å²) in [5.41, 5.74) is 0.753. The monoisotopic (exact) mass is 420 g/mol. The Bertz CT molecular complexity index is 780. The highest BCUT2D eigenvalue weighted by Crippen LogP contribution is 2.16. The molecule has 3 N–H and O–H groups in total. The lowest BCUT2D eigenvalue weighted by molar-refractivity contribution is -0.404. The Morgan fingerprint density at radius 3 is 2.66 bits per heavy atom. The first-order valence-electron chi connectivity index (χ1n) is 9.30. The van der Waals surface area contributed by atoms with Gasteiger partial charge in [0.25, 0.3) is 6.20 Å². The third-order valence-corrected chi connectivity index (χ3v) is 4.88. The molecule has 1 aromatic carbocycles. The van der Waals surface area contributed by atoms with E-state index >= 15 is 0 Å². The fourth-order valence-electron chi connectivity index (χ4n) is 2.59. The Labute approximate surface area is 175 Å². The normalized spacial score (nSPS) is 12.8. The molecular weight excluding hydrogens is 392 g/mol. The van der Waals surface area contributed by atoms with E-state index in [-0.39, 0.29) is 12.4 Å². The molecular formula is C20H28N4O4S. The van der Waals surface area contributed by atoms with E-state index in [0.717, 1.165) is 41.3 Å². The molecule has 1 atom stereocenters. The molecule has 0 aliphatic rings. The van der Waals surface area contributed by atoms with E-state index in [4.69, 9.17) is 4.42 Å². The molecule has 0 aliphatic carbocycles. The standard InChI is InChI=1S/C20H28N4O4S/c1-23(2)13-17-8-9-18(28-17)15-29-11-10-21-20(14-24(26)27)22-12-19(25)16-6-4-3-5-7-16/h3-9,14,19,21-22,25H,10-13,15H2,1-2H3/b20-14-. The molecule has 2 rings (SSSR count). The number of nitrogens with zero attached hydrogens (tertiary/aromatic N) is 2. The Balaban J connectivity index is 1.72. The lowest BCUT2D eigenvalue weighted by Crippen LogP contribution is -2.31. The van der Waals surface area contributed by atoms with Crippen LogP contribution in [0.25, 0.3) is 0 Å². The number of nitro groups is 1. The Morgan fingerprint density at radius 1 is 1.24 bits per heavy atom. The minimum Gasteiger partial charge on any atom is -0.464 e. The number of aliphatic hydroxyl groups excluding tert-OH is 1. The van der Waals surface area contributed by atoms with Gasteiger partial charge < -0.3 is 25.1 Å². The Hall–Kier alpha value is -2.49. The first-order valence-corrected chi connectivity index (χ1v) is 10.5. The van der Waals surface area contributed by atoms with Gasteiger partial charge in [-0.15, -0.1) is 0 Å². The molecule has 0 saturated carbocycles. The van der Waals surface area contributed by atoms with Crippen molar-refractivity contribution in [1.82, 2.24) is 15.5 Å². The van der Waals surface area contributed by atoms with Crippen molar-refractivity contribution in [3.8, 4) is 0 Å². The summed E-state index contributed by atoms with van der Waals surface area (Å²) in [5.74, 6) is 3.61. The molecule has 0 bridgehead atoms. The van der Waals surface area contributed by atoms with Crippen molar-refractivity contribution >= 4 is 11.8 Å². The van der Waals surface area contributed by atoms with Gasteiger partial charge in [0.2, 0.25) is 0 Å². The van der Waals surface area contributed by atoms with Crippen molar-refractivity contribution in [1.29, 1.82) is 0 Å². The molecule has 1 aromatic heterocycles. The van der Waals surface area contributed by atoms with Crippen LogP contribution in [-0.2, 0) is 12.3 Å². The second-order valence-electron chi connectivity index (χ2n) is 6.72. The van der Waals surface area contributed by atoms with Gasteiger partial charge in [0.15, 0.2) is 5.82 Å². The third-order valence-electron chi connectivity index (χ3n) is 3.90. The number of hydrogen-bond donors (Lipinski definition) is 3. The highest BCUT2D eigenvalue weighted by atomic mass is 32.2. The zero-order valence-corrected chi connectivity index (χ0v) is 17.5. The molecule has 2 aromatic rings. The predicted octanol–water partition coefficient (Wildman–Crippen LogP) is 2.56. The maximum atomic E-state index is 10.8. The lowest BCUT2D eigenvalue weighted by Gasteiger charge is -2.15. The third kappa shape index (κ3) is 9.03. The van der Waals surface area contributed by atoms with Gasteiger partial charge in [-0.25, -0.2) is 0 Å². The molecule has 0 aliphatic heterocycles. The average molecular weight is 421 g/mol. The van der Waals surface area contributed by atoms with Crippen LogP contribution >= 0.6 is 11.8 Å². The van der Waals surface area contributed by atoms with Crippen LogP contribution in [0.2, 0.25) is 0 Å². The number of furan rings is 1. The van der Waals surface area contributed by atoms with Crippen molar-refractivity contribution < 1.29 is 14.4 Å². The number of nitrogens with one attached hydrogen (secondary N) is 2. The SMILES string of the molecule is CN(C)Cc1ccc(CSCCN/C(=C/[N+](=O)[O-])NCC(O)c2ccccc2)o1. The van der Waals surface area contributed by atoms with Crippen LogP contribution in [-0.4, -0.2) is 47.9 Å². The zero-order valence-electron chi connectivity index (χ0n) is 16.7. The number of thioether (sulfide) groups is 1. The maximum Gasteiger partial charge on any atom is 0.274 e. The molecule has 0 amide bonds. The molecule has 0 spiro atoms. The van der Waals surface area contributed by atoms with E-state index in [9.17, 15) is 15.2 Å². The summed E-state index contributed by atoms with van der Waals surface area (Å²) in [4.78, 5) is 12.4. The highest BCUT2D eigenvalue weighted by Gasteiger charge is 2.09. The minimum absolute atomic E-state index is 0.172. The largest absolute Gasteiger partial charge is 0.464 e. The van der Waals surface area contributed by atoms with Crippen LogP contribution in [0, 0.1) is 10.1 Å². The highest BCUT2D eigenvalue weighted by molar-refractivity contribution is 7.98. The summed E-state index contributed by atoms with van der Waals surface area (Å²) in [5, 5.41) is 27.0. The van der Waals surface area contributed by atoms with E-state index < -0.39 is 11.0 Å². The Kier molecular flexibility index (Phi) is 9.55. The summed E-state index contributed by atoms with van der Waals surface area (Å²) in [6.45, 7) is 1.48. The van der Waals surface area contributed by atoms with Crippen molar-refractivity contribution in [2.45, 2.75) is 18.4 Å². The minimum atomic E-state index is -0.752. The summed E-state index contributed by atoms with van der Waals surface area (Å²) in [7, 11) is 3.98. The number of rotatable bonds is 13. The molecule has 0 fully saturated rings.